The smallest absolute Gasteiger partial charge is 0.410 e. The van der Waals surface area contributed by atoms with Crippen LogP contribution in [-0.4, -0.2) is 35.2 Å². The molecule has 2 bridgehead atoms. The van der Waals surface area contributed by atoms with Crippen molar-refractivity contribution in [2.24, 2.45) is 17.3 Å². The summed E-state index contributed by atoms with van der Waals surface area (Å²) in [5, 5.41) is 1.41. The molecule has 3 aliphatic carbocycles. The molecule has 1 saturated heterocycles. The van der Waals surface area contributed by atoms with E-state index in [2.05, 4.69) is 114 Å². The highest BCUT2D eigenvalue weighted by Crippen LogP contribution is 2.66. The van der Waals surface area contributed by atoms with Crippen molar-refractivity contribution >= 4 is 28.7 Å². The Hall–Kier alpha value is -1.44. The Balaban J connectivity index is 1.56. The molecule has 6 heteroatoms. The summed E-state index contributed by atoms with van der Waals surface area (Å²) in [6, 6.07) is 21.8. The molecule has 0 aromatic heterocycles. The molecule has 0 N–H and O–H groups in total. The van der Waals surface area contributed by atoms with Gasteiger partial charge in [0.05, 0.1) is 25.9 Å². The fraction of sp³-hybridized carbons (Fsp3) is 0.548. The molecule has 3 saturated carbocycles. The van der Waals surface area contributed by atoms with Crippen LogP contribution in [0.4, 0.5) is 0 Å². The topological polar surface area (TPSA) is 27.7 Å². The van der Waals surface area contributed by atoms with E-state index in [9.17, 15) is 0 Å². The van der Waals surface area contributed by atoms with Crippen molar-refractivity contribution < 1.29 is 13.7 Å². The normalized spacial score (nSPS) is 30.3. The van der Waals surface area contributed by atoms with Gasteiger partial charge in [-0.05, 0) is 67.7 Å². The van der Waals surface area contributed by atoms with E-state index in [0.29, 0.717) is 11.3 Å². The van der Waals surface area contributed by atoms with Gasteiger partial charge in [0.1, 0.15) is 0 Å². The van der Waals surface area contributed by atoms with Gasteiger partial charge in [0.25, 0.3) is 0 Å². The molecule has 0 amide bonds. The maximum Gasteiger partial charge on any atom is 0.489 e. The summed E-state index contributed by atoms with van der Waals surface area (Å²) in [4.78, 5) is 0. The highest BCUT2D eigenvalue weighted by Gasteiger charge is 2.68. The second-order valence-corrected chi connectivity index (χ2v) is 23.1. The van der Waals surface area contributed by atoms with Crippen molar-refractivity contribution in [2.45, 2.75) is 89.7 Å². The molecule has 2 aromatic rings. The van der Waals surface area contributed by atoms with Gasteiger partial charge < -0.3 is 13.7 Å². The second kappa shape index (κ2) is 9.34. The molecule has 6 rings (SSSR count). The van der Waals surface area contributed by atoms with Gasteiger partial charge in [-0.25, -0.2) is 0 Å². The van der Waals surface area contributed by atoms with Gasteiger partial charge in [-0.2, -0.15) is 0 Å². The van der Waals surface area contributed by atoms with Crippen LogP contribution in [0.1, 0.15) is 45.3 Å². The molecular formula is C31H45BO3Si2. The van der Waals surface area contributed by atoms with Gasteiger partial charge in [-0.3, -0.25) is 0 Å². The van der Waals surface area contributed by atoms with Crippen LogP contribution >= 0.6 is 0 Å². The zero-order valence-electron chi connectivity index (χ0n) is 24.1. The lowest BCUT2D eigenvalue weighted by Crippen LogP contribution is -2.65. The largest absolute Gasteiger partial charge is 0.489 e. The van der Waals surface area contributed by atoms with Crippen LogP contribution in [0.5, 0.6) is 0 Å². The molecule has 198 valence electrons. The predicted molar refractivity (Wildman–Crippen MR) is 160 cm³/mol. The molecule has 0 spiro atoms. The van der Waals surface area contributed by atoms with Gasteiger partial charge in [0.2, 0.25) is 0 Å². The van der Waals surface area contributed by atoms with Crippen LogP contribution in [0.2, 0.25) is 38.3 Å². The Kier molecular flexibility index (Phi) is 6.85. The molecule has 37 heavy (non-hydrogen) atoms. The van der Waals surface area contributed by atoms with E-state index in [0.717, 1.165) is 17.8 Å². The SMILES string of the molecule is C=C(B1O[C@H]2C[C@H]3C[C@H](C3(C)C)[C@@]2(C)O1)[C@H]([C@H](O[Si](C)(C)C)c1ccccc1)[Si](C)(C)c1ccccc1. The molecule has 3 nitrogen and oxygen atoms in total. The van der Waals surface area contributed by atoms with Crippen molar-refractivity contribution in [3.63, 3.8) is 0 Å². The summed E-state index contributed by atoms with van der Waals surface area (Å²) in [5.41, 5.74) is 2.43. The monoisotopic (exact) mass is 532 g/mol. The van der Waals surface area contributed by atoms with Crippen molar-refractivity contribution in [3.8, 4) is 0 Å². The Labute approximate surface area is 227 Å². The van der Waals surface area contributed by atoms with Gasteiger partial charge in [-0.15, -0.1) is 6.58 Å². The summed E-state index contributed by atoms with van der Waals surface area (Å²) in [6.07, 6.45) is 2.39. The fourth-order valence-electron chi connectivity index (χ4n) is 7.61. The highest BCUT2D eigenvalue weighted by atomic mass is 28.4. The lowest BCUT2D eigenvalue weighted by molar-refractivity contribution is -0.199. The molecule has 4 fully saturated rings. The zero-order chi connectivity index (χ0) is 26.8. The molecule has 1 aliphatic heterocycles. The maximum atomic E-state index is 7.08. The average molecular weight is 533 g/mol. The molecule has 0 radical (unpaired) electrons. The molecular weight excluding hydrogens is 487 g/mol. The summed E-state index contributed by atoms with van der Waals surface area (Å²) in [5.74, 6) is 1.26. The van der Waals surface area contributed by atoms with Crippen LogP contribution in [0.25, 0.3) is 0 Å². The van der Waals surface area contributed by atoms with E-state index in [1.54, 1.807) is 0 Å². The molecule has 2 aromatic carbocycles. The number of hydrogen-bond acceptors (Lipinski definition) is 3. The van der Waals surface area contributed by atoms with Crippen LogP contribution in [0, 0.1) is 17.3 Å². The molecule has 4 aliphatic rings. The minimum absolute atomic E-state index is 0.0880. The van der Waals surface area contributed by atoms with Crippen LogP contribution in [0.15, 0.2) is 72.7 Å². The highest BCUT2D eigenvalue weighted by molar-refractivity contribution is 6.92. The van der Waals surface area contributed by atoms with Crippen molar-refractivity contribution in [1.82, 2.24) is 0 Å². The number of hydrogen-bond donors (Lipinski definition) is 0. The van der Waals surface area contributed by atoms with Crippen molar-refractivity contribution in [2.75, 3.05) is 0 Å². The van der Waals surface area contributed by atoms with Crippen LogP contribution in [-0.2, 0) is 13.7 Å². The van der Waals surface area contributed by atoms with Gasteiger partial charge in [0.15, 0.2) is 8.32 Å². The first kappa shape index (κ1) is 27.1. The van der Waals surface area contributed by atoms with Crippen molar-refractivity contribution in [1.29, 1.82) is 0 Å². The minimum atomic E-state index is -2.16. The van der Waals surface area contributed by atoms with Gasteiger partial charge >= 0.3 is 7.12 Å². The Morgan fingerprint density at radius 3 is 2.11 bits per heavy atom. The summed E-state index contributed by atoms with van der Waals surface area (Å²) >= 11 is 0. The Bertz CT molecular complexity index is 1130. The molecule has 1 heterocycles. The summed E-state index contributed by atoms with van der Waals surface area (Å²) in [6.45, 7) is 23.7. The average Bonchev–Trinajstić information content (AvgIpc) is 3.21. The first-order valence-corrected chi connectivity index (χ1v) is 20.5. The van der Waals surface area contributed by atoms with Crippen LogP contribution < -0.4 is 5.19 Å². The quantitative estimate of drug-likeness (QED) is 0.332. The Morgan fingerprint density at radius 1 is 0.946 bits per heavy atom. The van der Waals surface area contributed by atoms with E-state index >= 15 is 0 Å². The summed E-state index contributed by atoms with van der Waals surface area (Å²) in [7, 11) is -4.46. The lowest BCUT2D eigenvalue weighted by Gasteiger charge is -2.64. The van der Waals surface area contributed by atoms with Gasteiger partial charge in [-0.1, -0.05) is 92.8 Å². The van der Waals surface area contributed by atoms with Crippen LogP contribution in [0.3, 0.4) is 0 Å². The first-order valence-electron chi connectivity index (χ1n) is 14.1. The third kappa shape index (κ3) is 4.67. The standard InChI is InChI=1S/C31H45BO3Si2/c1-22(32-33-27-21-24-20-26(30(24,2)3)31(27,4)35-32)29(37(8,9)25-18-14-11-15-19-25)28(34-36(5,6)7)23-16-12-10-13-17-23/h10-19,24,26-29H,1,20-21H2,2-9H3/t24-,26-,27+,28-,29-,31-/m1/s1. The van der Waals surface area contributed by atoms with E-state index in [-0.39, 0.29) is 23.4 Å². The second-order valence-electron chi connectivity index (χ2n) is 14.0. The zero-order valence-corrected chi connectivity index (χ0v) is 26.1. The molecule has 6 atom stereocenters. The third-order valence-electron chi connectivity index (χ3n) is 9.86. The van der Waals surface area contributed by atoms with Crippen molar-refractivity contribution in [3.05, 3.63) is 78.3 Å². The third-order valence-corrected chi connectivity index (χ3v) is 14.9. The van der Waals surface area contributed by atoms with E-state index < -0.39 is 23.5 Å². The Morgan fingerprint density at radius 2 is 1.54 bits per heavy atom. The fourth-order valence-corrected chi connectivity index (χ4v) is 12.3. The van der Waals surface area contributed by atoms with Gasteiger partial charge in [0, 0.05) is 5.54 Å². The number of rotatable bonds is 8. The molecule has 0 unspecified atom stereocenters. The number of benzene rings is 2. The maximum absolute atomic E-state index is 7.08. The lowest BCUT2D eigenvalue weighted by atomic mass is 9.43. The first-order chi connectivity index (χ1) is 17.2. The minimum Gasteiger partial charge on any atom is -0.410 e. The predicted octanol–water partition coefficient (Wildman–Crippen LogP) is 7.39. The van der Waals surface area contributed by atoms with E-state index in [1.165, 1.54) is 17.2 Å². The van der Waals surface area contributed by atoms with E-state index in [1.807, 2.05) is 0 Å². The van der Waals surface area contributed by atoms with E-state index in [4.69, 9.17) is 20.3 Å². The summed E-state index contributed by atoms with van der Waals surface area (Å²) < 4.78 is 20.9.